The first-order valence-corrected chi connectivity index (χ1v) is 5.13. The van der Waals surface area contributed by atoms with E-state index in [0.717, 1.165) is 31.6 Å². The van der Waals surface area contributed by atoms with Gasteiger partial charge in [-0.25, -0.2) is 4.39 Å². The van der Waals surface area contributed by atoms with Crippen molar-refractivity contribution >= 4 is 11.6 Å². The molecule has 0 aromatic carbocycles. The summed E-state index contributed by atoms with van der Waals surface area (Å²) >= 11 is 5.97. The third-order valence-corrected chi connectivity index (χ3v) is 2.74. The lowest BCUT2D eigenvalue weighted by atomic mass is 10.2. The maximum Gasteiger partial charge on any atom is 0.141 e. The van der Waals surface area contributed by atoms with Crippen LogP contribution in [-0.4, -0.2) is 28.4 Å². The van der Waals surface area contributed by atoms with Gasteiger partial charge in [-0.05, 0) is 24.6 Å². The molecule has 1 atom stereocenters. The third kappa shape index (κ3) is 2.42. The minimum atomic E-state index is -0.274. The van der Waals surface area contributed by atoms with Crippen molar-refractivity contribution in [2.75, 3.05) is 13.1 Å². The Labute approximate surface area is 87.7 Å². The predicted octanol–water partition coefficient (Wildman–Crippen LogP) is 2.03. The van der Waals surface area contributed by atoms with E-state index >= 15 is 0 Å². The highest BCUT2D eigenvalue weighted by Gasteiger charge is 2.20. The first kappa shape index (κ1) is 9.87. The molecule has 2 heterocycles. The number of hydrogen-bond donors (Lipinski definition) is 0. The summed E-state index contributed by atoms with van der Waals surface area (Å²) in [5.74, 6) is -0.274. The van der Waals surface area contributed by atoms with Crippen molar-refractivity contribution in [3.05, 3.63) is 29.8 Å². The van der Waals surface area contributed by atoms with Crippen molar-refractivity contribution in [1.29, 1.82) is 0 Å². The maximum absolute atomic E-state index is 12.8. The lowest BCUT2D eigenvalue weighted by Crippen LogP contribution is -2.20. The van der Waals surface area contributed by atoms with Gasteiger partial charge >= 0.3 is 0 Å². The van der Waals surface area contributed by atoms with Gasteiger partial charge in [0.2, 0.25) is 0 Å². The van der Waals surface area contributed by atoms with Gasteiger partial charge in [0, 0.05) is 24.7 Å². The minimum Gasteiger partial charge on any atom is -0.298 e. The predicted molar refractivity (Wildman–Crippen MR) is 53.7 cm³/mol. The molecule has 0 spiro atoms. The Morgan fingerprint density at radius 1 is 1.57 bits per heavy atom. The smallest absolute Gasteiger partial charge is 0.141 e. The van der Waals surface area contributed by atoms with Crippen molar-refractivity contribution in [3.8, 4) is 0 Å². The van der Waals surface area contributed by atoms with E-state index in [0.29, 0.717) is 0 Å². The Morgan fingerprint density at radius 2 is 2.43 bits per heavy atom. The lowest BCUT2D eigenvalue weighted by molar-refractivity contribution is 0.331. The molecule has 0 radical (unpaired) electrons. The highest BCUT2D eigenvalue weighted by molar-refractivity contribution is 6.20. The van der Waals surface area contributed by atoms with E-state index in [1.165, 1.54) is 12.3 Å². The largest absolute Gasteiger partial charge is 0.298 e. The highest BCUT2D eigenvalue weighted by Crippen LogP contribution is 2.17. The molecule has 14 heavy (non-hydrogen) atoms. The number of likely N-dealkylation sites (tertiary alicyclic amines) is 1. The highest BCUT2D eigenvalue weighted by atomic mass is 35.5. The van der Waals surface area contributed by atoms with Crippen molar-refractivity contribution in [2.45, 2.75) is 18.3 Å². The van der Waals surface area contributed by atoms with E-state index in [1.54, 1.807) is 6.20 Å². The first-order chi connectivity index (χ1) is 6.74. The standard InChI is InChI=1S/C10H12ClFN2/c11-9-1-2-14(7-9)6-8-3-10(12)5-13-4-8/h3-5,9H,1-2,6-7H2. The fourth-order valence-corrected chi connectivity index (χ4v) is 2.02. The number of nitrogens with zero attached hydrogens (tertiary/aromatic N) is 2. The van der Waals surface area contributed by atoms with Crippen molar-refractivity contribution in [3.63, 3.8) is 0 Å². The summed E-state index contributed by atoms with van der Waals surface area (Å²) in [6.07, 6.45) is 3.94. The van der Waals surface area contributed by atoms with Crippen LogP contribution in [-0.2, 0) is 6.54 Å². The molecular weight excluding hydrogens is 203 g/mol. The summed E-state index contributed by atoms with van der Waals surface area (Å²) in [4.78, 5) is 6.03. The van der Waals surface area contributed by atoms with E-state index in [9.17, 15) is 4.39 Å². The molecule has 0 N–H and O–H groups in total. The second-order valence-corrected chi connectivity index (χ2v) is 4.25. The average Bonchev–Trinajstić information content (AvgIpc) is 2.51. The topological polar surface area (TPSA) is 16.1 Å². The SMILES string of the molecule is Fc1cncc(CN2CCC(Cl)C2)c1. The molecule has 4 heteroatoms. The molecule has 1 aromatic rings. The zero-order valence-electron chi connectivity index (χ0n) is 7.79. The van der Waals surface area contributed by atoms with E-state index in [-0.39, 0.29) is 11.2 Å². The summed E-state index contributed by atoms with van der Waals surface area (Å²) in [5, 5.41) is 0.247. The molecule has 76 valence electrons. The monoisotopic (exact) mass is 214 g/mol. The van der Waals surface area contributed by atoms with Crippen LogP contribution in [0.3, 0.4) is 0 Å². The fourth-order valence-electron chi connectivity index (χ4n) is 1.73. The van der Waals surface area contributed by atoms with Gasteiger partial charge in [-0.1, -0.05) is 0 Å². The van der Waals surface area contributed by atoms with Crippen LogP contribution in [0.15, 0.2) is 18.5 Å². The Morgan fingerprint density at radius 3 is 3.07 bits per heavy atom. The average molecular weight is 215 g/mol. The summed E-state index contributed by atoms with van der Waals surface area (Å²) in [7, 11) is 0. The Kier molecular flexibility index (Phi) is 2.99. The zero-order chi connectivity index (χ0) is 9.97. The zero-order valence-corrected chi connectivity index (χ0v) is 8.54. The van der Waals surface area contributed by atoms with Gasteiger partial charge in [0.1, 0.15) is 5.82 Å². The van der Waals surface area contributed by atoms with Gasteiger partial charge in [0.05, 0.1) is 6.20 Å². The first-order valence-electron chi connectivity index (χ1n) is 4.70. The van der Waals surface area contributed by atoms with Gasteiger partial charge in [-0.3, -0.25) is 9.88 Å². The van der Waals surface area contributed by atoms with Crippen molar-refractivity contribution < 1.29 is 4.39 Å². The van der Waals surface area contributed by atoms with Gasteiger partial charge in [-0.2, -0.15) is 0 Å². The molecule has 0 amide bonds. The molecule has 1 unspecified atom stereocenters. The number of pyridine rings is 1. The Bertz CT molecular complexity index is 319. The number of aromatic nitrogens is 1. The van der Waals surface area contributed by atoms with Crippen LogP contribution in [0.4, 0.5) is 4.39 Å². The Hall–Kier alpha value is -0.670. The van der Waals surface area contributed by atoms with Crippen LogP contribution < -0.4 is 0 Å². The summed E-state index contributed by atoms with van der Waals surface area (Å²) < 4.78 is 12.8. The van der Waals surface area contributed by atoms with E-state index in [4.69, 9.17) is 11.6 Å². The number of hydrogen-bond acceptors (Lipinski definition) is 2. The number of halogens is 2. The molecule has 1 aliphatic rings. The van der Waals surface area contributed by atoms with Gasteiger partial charge in [0.25, 0.3) is 0 Å². The van der Waals surface area contributed by atoms with Crippen LogP contribution in [0.2, 0.25) is 0 Å². The van der Waals surface area contributed by atoms with Crippen molar-refractivity contribution in [1.82, 2.24) is 9.88 Å². The second kappa shape index (κ2) is 4.24. The summed E-state index contributed by atoms with van der Waals surface area (Å²) in [6.45, 7) is 2.62. The lowest BCUT2D eigenvalue weighted by Gasteiger charge is -2.14. The van der Waals surface area contributed by atoms with Gasteiger partial charge in [0.15, 0.2) is 0 Å². The fraction of sp³-hybridized carbons (Fsp3) is 0.500. The van der Waals surface area contributed by atoms with Crippen LogP contribution in [0, 0.1) is 5.82 Å². The van der Waals surface area contributed by atoms with E-state index in [2.05, 4.69) is 9.88 Å². The van der Waals surface area contributed by atoms with Crippen molar-refractivity contribution in [2.24, 2.45) is 0 Å². The molecule has 0 saturated carbocycles. The quantitative estimate of drug-likeness (QED) is 0.701. The molecule has 1 saturated heterocycles. The molecule has 1 fully saturated rings. The molecular formula is C10H12ClFN2. The van der Waals surface area contributed by atoms with Gasteiger partial charge in [-0.15, -0.1) is 11.6 Å². The molecule has 1 aliphatic heterocycles. The molecule has 0 bridgehead atoms. The molecule has 2 rings (SSSR count). The van der Waals surface area contributed by atoms with Crippen LogP contribution in [0.1, 0.15) is 12.0 Å². The normalized spacial score (nSPS) is 22.9. The third-order valence-electron chi connectivity index (χ3n) is 2.38. The molecule has 2 nitrogen and oxygen atoms in total. The Balaban J connectivity index is 1.97. The van der Waals surface area contributed by atoms with Crippen LogP contribution in [0.25, 0.3) is 0 Å². The number of alkyl halides is 1. The maximum atomic E-state index is 12.8. The molecule has 0 aliphatic carbocycles. The summed E-state index contributed by atoms with van der Waals surface area (Å²) in [5.41, 5.74) is 0.913. The minimum absolute atomic E-state index is 0.247. The van der Waals surface area contributed by atoms with Crippen LogP contribution in [0.5, 0.6) is 0 Å². The summed E-state index contributed by atoms with van der Waals surface area (Å²) in [6, 6.07) is 1.52. The number of rotatable bonds is 2. The van der Waals surface area contributed by atoms with E-state index < -0.39 is 0 Å². The van der Waals surface area contributed by atoms with E-state index in [1.807, 2.05) is 0 Å². The second-order valence-electron chi connectivity index (χ2n) is 3.63. The molecule has 1 aromatic heterocycles. The van der Waals surface area contributed by atoms with Crippen LogP contribution >= 0.6 is 11.6 Å². The van der Waals surface area contributed by atoms with Gasteiger partial charge < -0.3 is 0 Å².